The number of benzene rings is 1. The highest BCUT2D eigenvalue weighted by Crippen LogP contribution is 2.09. The molecule has 0 bridgehead atoms. The molecule has 19 heavy (non-hydrogen) atoms. The third-order valence-electron chi connectivity index (χ3n) is 2.40. The van der Waals surface area contributed by atoms with Gasteiger partial charge >= 0.3 is 0 Å². The highest BCUT2D eigenvalue weighted by atomic mass is 32.2. The first-order valence-electron chi connectivity index (χ1n) is 6.17. The van der Waals surface area contributed by atoms with Crippen molar-refractivity contribution in [2.75, 3.05) is 19.8 Å². The van der Waals surface area contributed by atoms with E-state index in [-0.39, 0.29) is 4.90 Å². The average Bonchev–Trinajstić information content (AvgIpc) is 2.43. The molecule has 0 aliphatic rings. The summed E-state index contributed by atoms with van der Waals surface area (Å²) < 4.78 is 31.5. The fourth-order valence-electron chi connectivity index (χ4n) is 1.42. The van der Waals surface area contributed by atoms with Gasteiger partial charge in [0.2, 0.25) is 10.0 Å². The van der Waals surface area contributed by atoms with Crippen LogP contribution in [0.3, 0.4) is 0 Å². The van der Waals surface area contributed by atoms with Crippen molar-refractivity contribution in [2.24, 2.45) is 0 Å². The molecule has 0 spiro atoms. The predicted octanol–water partition coefficient (Wildman–Crippen LogP) is 1.65. The Hall–Kier alpha value is -1.42. The quantitative estimate of drug-likeness (QED) is 0.735. The van der Waals surface area contributed by atoms with Crippen LogP contribution in [0.15, 0.2) is 29.2 Å². The van der Waals surface area contributed by atoms with E-state index in [2.05, 4.69) is 4.72 Å². The molecule has 1 N–H and O–H groups in total. The minimum Gasteiger partial charge on any atom is -0.381 e. The van der Waals surface area contributed by atoms with Gasteiger partial charge in [0, 0.05) is 19.8 Å². The lowest BCUT2D eigenvalue weighted by atomic mass is 10.2. The van der Waals surface area contributed by atoms with Crippen LogP contribution in [0.25, 0.3) is 0 Å². The molecule has 0 aliphatic heterocycles. The first-order chi connectivity index (χ1) is 9.10. The molecule has 0 fully saturated rings. The number of rotatable bonds is 8. The lowest BCUT2D eigenvalue weighted by molar-refractivity contribution is 0.133. The number of nitrogens with zero attached hydrogens (tertiary/aromatic N) is 1. The molecular weight excluding hydrogens is 264 g/mol. The summed E-state index contributed by atoms with van der Waals surface area (Å²) >= 11 is 0. The van der Waals surface area contributed by atoms with Crippen molar-refractivity contribution >= 4 is 10.0 Å². The van der Waals surface area contributed by atoms with E-state index in [0.29, 0.717) is 31.7 Å². The zero-order valence-corrected chi connectivity index (χ0v) is 11.7. The first kappa shape index (κ1) is 15.6. The van der Waals surface area contributed by atoms with Crippen LogP contribution in [0.2, 0.25) is 0 Å². The first-order valence-corrected chi connectivity index (χ1v) is 7.66. The van der Waals surface area contributed by atoms with Crippen LogP contribution in [0.4, 0.5) is 0 Å². The zero-order valence-electron chi connectivity index (χ0n) is 10.9. The van der Waals surface area contributed by atoms with Gasteiger partial charge in [-0.1, -0.05) is 6.92 Å². The Morgan fingerprint density at radius 1 is 1.26 bits per heavy atom. The van der Waals surface area contributed by atoms with E-state index in [1.54, 1.807) is 0 Å². The number of nitriles is 1. The molecule has 0 unspecified atom stereocenters. The van der Waals surface area contributed by atoms with Gasteiger partial charge in [0.1, 0.15) is 0 Å². The van der Waals surface area contributed by atoms with Gasteiger partial charge in [-0.2, -0.15) is 5.26 Å². The minimum absolute atomic E-state index is 0.168. The van der Waals surface area contributed by atoms with E-state index in [1.165, 1.54) is 24.3 Å². The number of hydrogen-bond acceptors (Lipinski definition) is 4. The average molecular weight is 282 g/mol. The molecule has 0 saturated heterocycles. The minimum atomic E-state index is -3.49. The number of hydrogen-bond donors (Lipinski definition) is 1. The Balaban J connectivity index is 2.45. The van der Waals surface area contributed by atoms with Gasteiger partial charge in [-0.15, -0.1) is 0 Å². The third kappa shape index (κ3) is 5.39. The van der Waals surface area contributed by atoms with E-state index < -0.39 is 10.0 Å². The Labute approximate surface area is 114 Å². The Bertz CT molecular complexity index is 518. The smallest absolute Gasteiger partial charge is 0.240 e. The number of sulfonamides is 1. The maximum Gasteiger partial charge on any atom is 0.240 e. The second kappa shape index (κ2) is 7.89. The lowest BCUT2D eigenvalue weighted by Crippen LogP contribution is -2.25. The maximum absolute atomic E-state index is 11.9. The van der Waals surface area contributed by atoms with Gasteiger partial charge in [0.05, 0.1) is 16.5 Å². The fourth-order valence-corrected chi connectivity index (χ4v) is 2.49. The van der Waals surface area contributed by atoms with E-state index in [4.69, 9.17) is 10.00 Å². The van der Waals surface area contributed by atoms with Crippen LogP contribution in [0.5, 0.6) is 0 Å². The Kier molecular flexibility index (Phi) is 6.50. The molecule has 1 aromatic rings. The van der Waals surface area contributed by atoms with Crippen molar-refractivity contribution in [1.82, 2.24) is 4.72 Å². The van der Waals surface area contributed by atoms with Crippen molar-refractivity contribution < 1.29 is 13.2 Å². The molecule has 104 valence electrons. The van der Waals surface area contributed by atoms with Crippen LogP contribution in [0.1, 0.15) is 25.3 Å². The molecule has 1 rings (SSSR count). The van der Waals surface area contributed by atoms with Crippen molar-refractivity contribution in [1.29, 1.82) is 5.26 Å². The van der Waals surface area contributed by atoms with Crippen LogP contribution < -0.4 is 4.72 Å². The summed E-state index contributed by atoms with van der Waals surface area (Å²) in [5.41, 5.74) is 0.437. The second-order valence-electron chi connectivity index (χ2n) is 4.00. The summed E-state index contributed by atoms with van der Waals surface area (Å²) in [6, 6.07) is 7.77. The van der Waals surface area contributed by atoms with Gasteiger partial charge in [0.25, 0.3) is 0 Å². The van der Waals surface area contributed by atoms with E-state index in [0.717, 1.165) is 6.42 Å². The molecule has 0 aliphatic carbocycles. The van der Waals surface area contributed by atoms with Crippen molar-refractivity contribution in [2.45, 2.75) is 24.7 Å². The lowest BCUT2D eigenvalue weighted by Gasteiger charge is -2.07. The molecule has 5 nitrogen and oxygen atoms in total. The molecule has 0 saturated carbocycles. The Morgan fingerprint density at radius 2 is 1.95 bits per heavy atom. The summed E-state index contributed by atoms with van der Waals surface area (Å²) in [4.78, 5) is 0.168. The van der Waals surface area contributed by atoms with E-state index in [9.17, 15) is 8.42 Å². The maximum atomic E-state index is 11.9. The molecule has 6 heteroatoms. The summed E-state index contributed by atoms with van der Waals surface area (Å²) in [6.45, 7) is 3.60. The van der Waals surface area contributed by atoms with Gasteiger partial charge in [-0.05, 0) is 37.1 Å². The highest BCUT2D eigenvalue weighted by molar-refractivity contribution is 7.89. The van der Waals surface area contributed by atoms with Crippen LogP contribution in [-0.4, -0.2) is 28.2 Å². The van der Waals surface area contributed by atoms with Crippen molar-refractivity contribution in [3.63, 3.8) is 0 Å². The zero-order chi connectivity index (χ0) is 14.1. The summed E-state index contributed by atoms with van der Waals surface area (Å²) in [6.07, 6.45) is 1.59. The molecule has 0 atom stereocenters. The van der Waals surface area contributed by atoms with Gasteiger partial charge in [0.15, 0.2) is 0 Å². The summed E-state index contributed by atoms with van der Waals surface area (Å²) in [5, 5.41) is 8.65. The molecule has 0 amide bonds. The highest BCUT2D eigenvalue weighted by Gasteiger charge is 2.12. The summed E-state index contributed by atoms with van der Waals surface area (Å²) in [5.74, 6) is 0. The van der Waals surface area contributed by atoms with Crippen molar-refractivity contribution in [3.05, 3.63) is 29.8 Å². The Morgan fingerprint density at radius 3 is 2.53 bits per heavy atom. The molecule has 0 heterocycles. The van der Waals surface area contributed by atoms with E-state index in [1.807, 2.05) is 13.0 Å². The molecule has 1 aromatic carbocycles. The SMILES string of the molecule is CCCOCCCNS(=O)(=O)c1ccc(C#N)cc1. The molecule has 0 aromatic heterocycles. The van der Waals surface area contributed by atoms with Crippen LogP contribution >= 0.6 is 0 Å². The summed E-state index contributed by atoms with van der Waals surface area (Å²) in [7, 11) is -3.49. The van der Waals surface area contributed by atoms with Crippen molar-refractivity contribution in [3.8, 4) is 6.07 Å². The fraction of sp³-hybridized carbons (Fsp3) is 0.462. The molecular formula is C13H18N2O3S. The predicted molar refractivity (Wildman–Crippen MR) is 72.1 cm³/mol. The third-order valence-corrected chi connectivity index (χ3v) is 3.88. The normalized spacial score (nSPS) is 11.2. The largest absolute Gasteiger partial charge is 0.381 e. The standard InChI is InChI=1S/C13H18N2O3S/c1-2-9-18-10-3-8-15-19(16,17)13-6-4-12(11-14)5-7-13/h4-7,15H,2-3,8-10H2,1H3. The van der Waals surface area contributed by atoms with E-state index >= 15 is 0 Å². The molecule has 0 radical (unpaired) electrons. The van der Waals surface area contributed by atoms with Gasteiger partial charge in [-0.25, -0.2) is 13.1 Å². The number of nitrogens with one attached hydrogen (secondary N) is 1. The van der Waals surface area contributed by atoms with Crippen LogP contribution in [0, 0.1) is 11.3 Å². The van der Waals surface area contributed by atoms with Gasteiger partial charge < -0.3 is 4.74 Å². The number of ether oxygens (including phenoxy) is 1. The topological polar surface area (TPSA) is 79.2 Å². The van der Waals surface area contributed by atoms with Crippen LogP contribution in [-0.2, 0) is 14.8 Å². The van der Waals surface area contributed by atoms with Gasteiger partial charge in [-0.3, -0.25) is 0 Å². The monoisotopic (exact) mass is 282 g/mol. The second-order valence-corrected chi connectivity index (χ2v) is 5.77.